The number of hydrogen-bond donors (Lipinski definition) is 2. The molecule has 2 fully saturated rings. The normalized spacial score (nSPS) is 18.8. The number of aromatic nitrogens is 2. The Morgan fingerprint density at radius 2 is 1.86 bits per heavy atom. The SMILES string of the molecule is Nc1ccc(-c2ccc(CN3CCOCC3)cc2)nc1C(=O)Cc1cnccc1N1CCC[C@H](N)C1. The van der Waals surface area contributed by atoms with Crippen molar-refractivity contribution in [2.75, 3.05) is 50.0 Å². The molecule has 0 radical (unpaired) electrons. The maximum absolute atomic E-state index is 13.4. The topological polar surface area (TPSA) is 111 Å². The molecule has 8 heteroatoms. The number of benzene rings is 1. The summed E-state index contributed by atoms with van der Waals surface area (Å²) < 4.78 is 5.43. The molecule has 2 aliphatic rings. The van der Waals surface area contributed by atoms with E-state index < -0.39 is 0 Å². The van der Waals surface area contributed by atoms with Crippen LogP contribution in [-0.2, 0) is 17.7 Å². The summed E-state index contributed by atoms with van der Waals surface area (Å²) in [6.07, 6.45) is 5.78. The molecule has 0 aliphatic carbocycles. The van der Waals surface area contributed by atoms with E-state index in [4.69, 9.17) is 16.2 Å². The van der Waals surface area contributed by atoms with Crippen LogP contribution in [0.1, 0.15) is 34.5 Å². The second-order valence-corrected chi connectivity index (χ2v) is 9.67. The molecule has 8 nitrogen and oxygen atoms in total. The van der Waals surface area contributed by atoms with Gasteiger partial charge in [0.1, 0.15) is 5.69 Å². The van der Waals surface area contributed by atoms with E-state index in [1.165, 1.54) is 5.56 Å². The van der Waals surface area contributed by atoms with Gasteiger partial charge in [0.2, 0.25) is 0 Å². The molecule has 1 aromatic carbocycles. The van der Waals surface area contributed by atoms with Crippen LogP contribution in [0.3, 0.4) is 0 Å². The first-order valence-electron chi connectivity index (χ1n) is 12.7. The summed E-state index contributed by atoms with van der Waals surface area (Å²) in [6, 6.07) is 14.1. The molecule has 0 spiro atoms. The number of ether oxygens (including phenoxy) is 1. The highest BCUT2D eigenvalue weighted by molar-refractivity contribution is 6.01. The molecule has 1 atom stereocenters. The number of rotatable bonds is 7. The third kappa shape index (κ3) is 5.73. The van der Waals surface area contributed by atoms with Gasteiger partial charge in [-0.1, -0.05) is 24.3 Å². The third-order valence-electron chi connectivity index (χ3n) is 6.98. The second kappa shape index (κ2) is 11.2. The van der Waals surface area contributed by atoms with Gasteiger partial charge in [-0.15, -0.1) is 0 Å². The van der Waals surface area contributed by atoms with Gasteiger partial charge in [0.25, 0.3) is 0 Å². The minimum Gasteiger partial charge on any atom is -0.397 e. The first-order valence-corrected chi connectivity index (χ1v) is 12.7. The molecular weight excluding hydrogens is 452 g/mol. The first-order chi connectivity index (χ1) is 17.6. The van der Waals surface area contributed by atoms with Crippen molar-refractivity contribution in [1.29, 1.82) is 0 Å². The molecule has 4 N–H and O–H groups in total. The third-order valence-corrected chi connectivity index (χ3v) is 6.98. The smallest absolute Gasteiger partial charge is 0.187 e. The Kier molecular flexibility index (Phi) is 7.55. The Balaban J connectivity index is 1.32. The Labute approximate surface area is 212 Å². The molecule has 3 aromatic rings. The van der Waals surface area contributed by atoms with Gasteiger partial charge in [-0.25, -0.2) is 4.98 Å². The summed E-state index contributed by atoms with van der Waals surface area (Å²) in [6.45, 7) is 6.09. The van der Waals surface area contributed by atoms with Crippen LogP contribution >= 0.6 is 0 Å². The Morgan fingerprint density at radius 1 is 1.06 bits per heavy atom. The Morgan fingerprint density at radius 3 is 2.64 bits per heavy atom. The number of anilines is 2. The number of ketones is 1. The molecule has 0 saturated carbocycles. The van der Waals surface area contributed by atoms with Crippen LogP contribution in [0.25, 0.3) is 11.3 Å². The highest BCUT2D eigenvalue weighted by Crippen LogP contribution is 2.26. The van der Waals surface area contributed by atoms with Crippen molar-refractivity contribution >= 4 is 17.2 Å². The lowest BCUT2D eigenvalue weighted by molar-refractivity contribution is 0.0342. The minimum atomic E-state index is -0.117. The fourth-order valence-corrected chi connectivity index (χ4v) is 5.00. The molecule has 4 heterocycles. The molecular formula is C28H34N6O2. The van der Waals surface area contributed by atoms with Crippen LogP contribution in [0.4, 0.5) is 11.4 Å². The van der Waals surface area contributed by atoms with Crippen molar-refractivity contribution in [2.45, 2.75) is 31.8 Å². The Hall–Kier alpha value is -3.33. The van der Waals surface area contributed by atoms with E-state index in [0.29, 0.717) is 11.4 Å². The molecule has 2 saturated heterocycles. The van der Waals surface area contributed by atoms with Gasteiger partial charge in [-0.05, 0) is 36.6 Å². The summed E-state index contributed by atoms with van der Waals surface area (Å²) in [4.78, 5) is 27.0. The van der Waals surface area contributed by atoms with Gasteiger partial charge in [-0.3, -0.25) is 14.7 Å². The monoisotopic (exact) mass is 486 g/mol. The highest BCUT2D eigenvalue weighted by Gasteiger charge is 2.22. The van der Waals surface area contributed by atoms with Gasteiger partial charge in [0, 0.05) is 74.4 Å². The second-order valence-electron chi connectivity index (χ2n) is 9.67. The van der Waals surface area contributed by atoms with Crippen LogP contribution in [-0.4, -0.2) is 66.1 Å². The molecule has 2 aliphatic heterocycles. The summed E-state index contributed by atoms with van der Waals surface area (Å²) in [5.41, 5.74) is 17.9. The van der Waals surface area contributed by atoms with Crippen LogP contribution in [0, 0.1) is 0 Å². The number of nitrogens with zero attached hydrogens (tertiary/aromatic N) is 4. The molecule has 0 amide bonds. The number of Topliss-reactive ketones (excluding diaryl/α,β-unsaturated/α-hetero) is 1. The maximum atomic E-state index is 13.4. The quantitative estimate of drug-likeness (QED) is 0.491. The predicted octanol–water partition coefficient (Wildman–Crippen LogP) is 2.91. The Bertz CT molecular complexity index is 1190. The average Bonchev–Trinajstić information content (AvgIpc) is 2.90. The van der Waals surface area contributed by atoms with E-state index in [9.17, 15) is 4.79 Å². The number of carbonyl (C=O) groups is 1. The number of morpholine rings is 1. The number of carbonyl (C=O) groups excluding carboxylic acids is 1. The van der Waals surface area contributed by atoms with E-state index in [2.05, 4.69) is 44.0 Å². The largest absolute Gasteiger partial charge is 0.397 e. The lowest BCUT2D eigenvalue weighted by atomic mass is 10.0. The first kappa shape index (κ1) is 24.4. The van der Waals surface area contributed by atoms with E-state index in [0.717, 1.165) is 81.3 Å². The lowest BCUT2D eigenvalue weighted by Gasteiger charge is -2.33. The summed E-state index contributed by atoms with van der Waals surface area (Å²) in [5.74, 6) is -0.117. The van der Waals surface area contributed by atoms with Crippen molar-refractivity contribution < 1.29 is 9.53 Å². The number of hydrogen-bond acceptors (Lipinski definition) is 8. The van der Waals surface area contributed by atoms with E-state index >= 15 is 0 Å². The highest BCUT2D eigenvalue weighted by atomic mass is 16.5. The van der Waals surface area contributed by atoms with Crippen molar-refractivity contribution in [3.8, 4) is 11.3 Å². The van der Waals surface area contributed by atoms with E-state index in [1.54, 1.807) is 18.5 Å². The summed E-state index contributed by atoms with van der Waals surface area (Å²) in [5, 5.41) is 0. The van der Waals surface area contributed by atoms with Gasteiger partial charge >= 0.3 is 0 Å². The predicted molar refractivity (Wildman–Crippen MR) is 142 cm³/mol. The van der Waals surface area contributed by atoms with Gasteiger partial charge in [-0.2, -0.15) is 0 Å². The average molecular weight is 487 g/mol. The van der Waals surface area contributed by atoms with E-state index in [-0.39, 0.29) is 18.2 Å². The van der Waals surface area contributed by atoms with Crippen LogP contribution < -0.4 is 16.4 Å². The fraction of sp³-hybridized carbons (Fsp3) is 0.393. The van der Waals surface area contributed by atoms with Crippen molar-refractivity contribution in [3.63, 3.8) is 0 Å². The standard InChI is InChI=1S/C28H34N6O2/c29-23-2-1-11-34(19-23)26-9-10-31-17-22(26)16-27(35)28-24(30)7-8-25(32-28)21-5-3-20(4-6-21)18-33-12-14-36-15-13-33/h3-10,17,23H,1-2,11-16,18-19,29-30H2/t23-/m0/s1. The molecule has 0 bridgehead atoms. The lowest BCUT2D eigenvalue weighted by Crippen LogP contribution is -2.43. The fourth-order valence-electron chi connectivity index (χ4n) is 5.00. The molecule has 2 aromatic heterocycles. The number of nitrogen functional groups attached to an aromatic ring is 1. The van der Waals surface area contributed by atoms with Crippen LogP contribution in [0.2, 0.25) is 0 Å². The van der Waals surface area contributed by atoms with Crippen LogP contribution in [0.15, 0.2) is 54.9 Å². The zero-order chi connectivity index (χ0) is 24.9. The molecule has 188 valence electrons. The molecule has 36 heavy (non-hydrogen) atoms. The minimum absolute atomic E-state index is 0.117. The van der Waals surface area contributed by atoms with Gasteiger partial charge < -0.3 is 21.1 Å². The number of pyridine rings is 2. The van der Waals surface area contributed by atoms with Crippen LogP contribution in [0.5, 0.6) is 0 Å². The number of nitrogens with two attached hydrogens (primary N) is 2. The van der Waals surface area contributed by atoms with Crippen molar-refractivity contribution in [2.24, 2.45) is 5.73 Å². The summed E-state index contributed by atoms with van der Waals surface area (Å²) in [7, 11) is 0. The maximum Gasteiger partial charge on any atom is 0.187 e. The van der Waals surface area contributed by atoms with Gasteiger partial charge in [0.05, 0.1) is 24.6 Å². The van der Waals surface area contributed by atoms with Crippen molar-refractivity contribution in [3.05, 3.63) is 71.7 Å². The summed E-state index contributed by atoms with van der Waals surface area (Å²) >= 11 is 0. The zero-order valence-electron chi connectivity index (χ0n) is 20.6. The molecule has 5 rings (SSSR count). The number of piperidine rings is 1. The molecule has 0 unspecified atom stereocenters. The van der Waals surface area contributed by atoms with Crippen molar-refractivity contribution in [1.82, 2.24) is 14.9 Å². The van der Waals surface area contributed by atoms with Gasteiger partial charge in [0.15, 0.2) is 5.78 Å². The van der Waals surface area contributed by atoms with E-state index in [1.807, 2.05) is 12.1 Å². The zero-order valence-corrected chi connectivity index (χ0v) is 20.6.